The molecule has 0 amide bonds. The van der Waals surface area contributed by atoms with Gasteiger partial charge in [-0.2, -0.15) is 0 Å². The largest absolute Gasteiger partial charge is 0.372 e. The number of rotatable bonds is 6. The van der Waals surface area contributed by atoms with Crippen LogP contribution in [-0.4, -0.2) is 36.9 Å². The van der Waals surface area contributed by atoms with E-state index in [-0.39, 0.29) is 0 Å². The summed E-state index contributed by atoms with van der Waals surface area (Å²) in [6.07, 6.45) is 2.66. The van der Waals surface area contributed by atoms with Crippen LogP contribution in [-0.2, 0) is 13.1 Å². The molecule has 82 valence electrons. The summed E-state index contributed by atoms with van der Waals surface area (Å²) in [6, 6.07) is 0. The van der Waals surface area contributed by atoms with E-state index >= 15 is 0 Å². The zero-order chi connectivity index (χ0) is 10.2. The summed E-state index contributed by atoms with van der Waals surface area (Å²) in [7, 11) is 0. The topological polar surface area (TPSA) is 34.3 Å². The van der Waals surface area contributed by atoms with Gasteiger partial charge in [0.05, 0.1) is 25.4 Å². The molecule has 3 nitrogen and oxygen atoms in total. The van der Waals surface area contributed by atoms with E-state index in [0.29, 0.717) is 12.2 Å². The Balaban J connectivity index is 0.000000293. The molecule has 2 aliphatic rings. The van der Waals surface area contributed by atoms with Crippen molar-refractivity contribution < 1.29 is 13.1 Å². The number of ether oxygens (including phenoxy) is 2. The van der Waals surface area contributed by atoms with E-state index in [1.807, 2.05) is 6.92 Å². The zero-order valence-electron chi connectivity index (χ0n) is 8.31. The molecule has 0 N–H and O–H groups in total. The molecule has 2 heterocycles. The van der Waals surface area contributed by atoms with E-state index in [2.05, 4.69) is 6.58 Å². The molecule has 2 saturated heterocycles. The minimum absolute atomic E-state index is 0.456. The van der Waals surface area contributed by atoms with Gasteiger partial charge in [0.15, 0.2) is 0 Å². The predicted octanol–water partition coefficient (Wildman–Crippen LogP) is 2.29. The number of hydrogen-bond acceptors (Lipinski definition) is 5. The highest BCUT2D eigenvalue weighted by molar-refractivity contribution is 8.07. The highest BCUT2D eigenvalue weighted by Gasteiger charge is 2.24. The standard InChI is InChI=1S/C6H10O3S2.C3H6/c1-5(7-1)3-10-9-11-4-6-2-8-6;1-3-2/h5-6H,1-4H2;3H,1H2,2H3. The molecule has 0 spiro atoms. The van der Waals surface area contributed by atoms with E-state index < -0.39 is 0 Å². The predicted molar refractivity (Wildman–Crippen MR) is 61.4 cm³/mol. The van der Waals surface area contributed by atoms with Gasteiger partial charge in [-0.1, -0.05) is 6.08 Å². The Morgan fingerprint density at radius 2 is 1.64 bits per heavy atom. The third-order valence-electron chi connectivity index (χ3n) is 1.41. The minimum atomic E-state index is 0.456. The molecule has 0 aromatic rings. The maximum atomic E-state index is 5.21. The summed E-state index contributed by atoms with van der Waals surface area (Å²) in [6.45, 7) is 7.07. The van der Waals surface area contributed by atoms with Crippen LogP contribution in [0.1, 0.15) is 6.92 Å². The van der Waals surface area contributed by atoms with Crippen LogP contribution < -0.4 is 0 Å². The Morgan fingerprint density at radius 3 is 1.93 bits per heavy atom. The number of hydrogen-bond donors (Lipinski definition) is 0. The molecule has 2 rings (SSSR count). The van der Waals surface area contributed by atoms with E-state index in [4.69, 9.17) is 13.1 Å². The van der Waals surface area contributed by atoms with Crippen LogP contribution in [0.5, 0.6) is 0 Å². The molecular formula is C9H16O3S2. The average Bonchev–Trinajstić information content (AvgIpc) is 3.01. The van der Waals surface area contributed by atoms with Crippen LogP contribution in [0.4, 0.5) is 0 Å². The van der Waals surface area contributed by atoms with Crippen molar-refractivity contribution in [2.45, 2.75) is 19.1 Å². The monoisotopic (exact) mass is 236 g/mol. The van der Waals surface area contributed by atoms with E-state index in [1.54, 1.807) is 6.08 Å². The van der Waals surface area contributed by atoms with Gasteiger partial charge >= 0.3 is 0 Å². The Morgan fingerprint density at radius 1 is 1.29 bits per heavy atom. The van der Waals surface area contributed by atoms with E-state index in [1.165, 1.54) is 24.1 Å². The van der Waals surface area contributed by atoms with Crippen LogP contribution in [0, 0.1) is 0 Å². The smallest absolute Gasteiger partial charge is 0.0922 e. The Kier molecular flexibility index (Phi) is 6.72. The molecule has 14 heavy (non-hydrogen) atoms. The fourth-order valence-corrected chi connectivity index (χ4v) is 1.97. The second-order valence-corrected chi connectivity index (χ2v) is 4.64. The maximum Gasteiger partial charge on any atom is 0.0922 e. The first kappa shape index (κ1) is 12.4. The molecule has 2 aliphatic heterocycles. The van der Waals surface area contributed by atoms with Crippen molar-refractivity contribution in [2.24, 2.45) is 0 Å². The lowest BCUT2D eigenvalue weighted by Gasteiger charge is -1.96. The van der Waals surface area contributed by atoms with Crippen molar-refractivity contribution in [1.29, 1.82) is 0 Å². The molecule has 0 aromatic heterocycles. The lowest BCUT2D eigenvalue weighted by Crippen LogP contribution is -1.91. The average molecular weight is 236 g/mol. The molecule has 5 heteroatoms. The van der Waals surface area contributed by atoms with Gasteiger partial charge in [0.2, 0.25) is 0 Å². The van der Waals surface area contributed by atoms with Crippen molar-refractivity contribution in [3.8, 4) is 0 Å². The van der Waals surface area contributed by atoms with Gasteiger partial charge in [0.1, 0.15) is 0 Å². The molecule has 2 atom stereocenters. The molecule has 2 fully saturated rings. The Bertz CT molecular complexity index is 144. The van der Waals surface area contributed by atoms with E-state index in [0.717, 1.165) is 24.7 Å². The van der Waals surface area contributed by atoms with Gasteiger partial charge in [-0.15, -0.1) is 6.58 Å². The summed E-state index contributed by atoms with van der Waals surface area (Å²) >= 11 is 2.95. The quantitative estimate of drug-likeness (QED) is 0.306. The van der Waals surface area contributed by atoms with Crippen molar-refractivity contribution in [3.05, 3.63) is 12.7 Å². The number of allylic oxidation sites excluding steroid dienone is 1. The molecule has 0 aliphatic carbocycles. The summed E-state index contributed by atoms with van der Waals surface area (Å²) in [4.78, 5) is 0. The lowest BCUT2D eigenvalue weighted by molar-refractivity contribution is 0.424. The maximum absolute atomic E-state index is 5.21. The molecule has 0 aromatic carbocycles. The van der Waals surface area contributed by atoms with Crippen molar-refractivity contribution in [2.75, 3.05) is 24.7 Å². The van der Waals surface area contributed by atoms with Gasteiger partial charge in [-0.3, -0.25) is 0 Å². The first-order chi connectivity index (χ1) is 6.86. The van der Waals surface area contributed by atoms with Crippen molar-refractivity contribution in [1.82, 2.24) is 0 Å². The third kappa shape index (κ3) is 7.70. The van der Waals surface area contributed by atoms with Gasteiger partial charge in [0.25, 0.3) is 0 Å². The Hall–Kier alpha value is 0.320. The highest BCUT2D eigenvalue weighted by Crippen LogP contribution is 2.24. The fraction of sp³-hybridized carbons (Fsp3) is 0.778. The Labute approximate surface area is 94.0 Å². The number of epoxide rings is 2. The minimum Gasteiger partial charge on any atom is -0.372 e. The SMILES string of the molecule is C1OC1CSOSCC1CO1.C=CC. The summed E-state index contributed by atoms with van der Waals surface area (Å²) in [5, 5.41) is 0. The van der Waals surface area contributed by atoms with Crippen LogP contribution in [0.25, 0.3) is 0 Å². The molecule has 2 unspecified atom stereocenters. The summed E-state index contributed by atoms with van der Waals surface area (Å²) in [5.74, 6) is 1.91. The van der Waals surface area contributed by atoms with Crippen molar-refractivity contribution in [3.63, 3.8) is 0 Å². The second kappa shape index (κ2) is 7.59. The lowest BCUT2D eigenvalue weighted by atomic mass is 10.6. The zero-order valence-corrected chi connectivity index (χ0v) is 9.94. The van der Waals surface area contributed by atoms with Crippen molar-refractivity contribution >= 4 is 24.1 Å². The van der Waals surface area contributed by atoms with Gasteiger partial charge in [-0.25, -0.2) is 3.63 Å². The van der Waals surface area contributed by atoms with Crippen LogP contribution >= 0.6 is 24.1 Å². The molecular weight excluding hydrogens is 220 g/mol. The fourth-order valence-electron chi connectivity index (χ4n) is 0.570. The second-order valence-electron chi connectivity index (χ2n) is 2.96. The molecule has 0 radical (unpaired) electrons. The normalized spacial score (nSPS) is 27.5. The van der Waals surface area contributed by atoms with Crippen LogP contribution in [0.3, 0.4) is 0 Å². The van der Waals surface area contributed by atoms with E-state index in [9.17, 15) is 0 Å². The highest BCUT2D eigenvalue weighted by atomic mass is 32.2. The molecule has 0 bridgehead atoms. The third-order valence-corrected chi connectivity index (χ3v) is 3.19. The van der Waals surface area contributed by atoms with Gasteiger partial charge in [0, 0.05) is 35.6 Å². The summed E-state index contributed by atoms with van der Waals surface area (Å²) in [5.41, 5.74) is 0. The van der Waals surface area contributed by atoms with Gasteiger partial charge in [-0.05, 0) is 6.92 Å². The van der Waals surface area contributed by atoms with Crippen LogP contribution in [0.2, 0.25) is 0 Å². The molecule has 0 saturated carbocycles. The van der Waals surface area contributed by atoms with Crippen LogP contribution in [0.15, 0.2) is 12.7 Å². The summed E-state index contributed by atoms with van der Waals surface area (Å²) < 4.78 is 15.2. The first-order valence-electron chi connectivity index (χ1n) is 4.58. The first-order valence-corrected chi connectivity index (χ1v) is 6.40. The van der Waals surface area contributed by atoms with Gasteiger partial charge < -0.3 is 9.47 Å².